The first-order valence-electron chi connectivity index (χ1n) is 8.40. The van der Waals surface area contributed by atoms with Crippen LogP contribution in [0.2, 0.25) is 0 Å². The highest BCUT2D eigenvalue weighted by molar-refractivity contribution is 5.18. The molecule has 0 amide bonds. The standard InChI is InChI=1S/C20H24FNO/c21-19-10-8-18(9-11-19)20(23)13-17-7-4-12-22(15-17)14-16-5-2-1-3-6-16/h1-3,5-6,8-11,17,20,23H,4,7,12-15H2/t17-,20+/m1/s1. The van der Waals surface area contributed by atoms with Gasteiger partial charge in [0.15, 0.2) is 0 Å². The molecule has 0 saturated carbocycles. The van der Waals surface area contributed by atoms with Gasteiger partial charge in [-0.15, -0.1) is 0 Å². The van der Waals surface area contributed by atoms with Crippen LogP contribution in [0.1, 0.15) is 36.5 Å². The molecule has 1 aliphatic rings. The molecule has 3 heteroatoms. The molecule has 23 heavy (non-hydrogen) atoms. The Morgan fingerprint density at radius 2 is 1.83 bits per heavy atom. The maximum atomic E-state index is 13.0. The molecular weight excluding hydrogens is 289 g/mol. The highest BCUT2D eigenvalue weighted by Gasteiger charge is 2.23. The minimum atomic E-state index is -0.503. The van der Waals surface area contributed by atoms with E-state index >= 15 is 0 Å². The van der Waals surface area contributed by atoms with E-state index in [-0.39, 0.29) is 5.82 Å². The van der Waals surface area contributed by atoms with Gasteiger partial charge in [0, 0.05) is 13.1 Å². The molecule has 0 aliphatic carbocycles. The fraction of sp³-hybridized carbons (Fsp3) is 0.400. The summed E-state index contributed by atoms with van der Waals surface area (Å²) in [4.78, 5) is 2.47. The summed E-state index contributed by atoms with van der Waals surface area (Å²) in [6, 6.07) is 16.7. The van der Waals surface area contributed by atoms with E-state index in [1.54, 1.807) is 12.1 Å². The molecule has 0 radical (unpaired) electrons. The van der Waals surface area contributed by atoms with Gasteiger partial charge in [-0.1, -0.05) is 42.5 Å². The van der Waals surface area contributed by atoms with E-state index in [4.69, 9.17) is 0 Å². The maximum absolute atomic E-state index is 13.0. The summed E-state index contributed by atoms with van der Waals surface area (Å²) in [6.07, 6.45) is 2.57. The number of aliphatic hydroxyl groups excluding tert-OH is 1. The quantitative estimate of drug-likeness (QED) is 0.896. The first-order valence-corrected chi connectivity index (χ1v) is 8.40. The van der Waals surface area contributed by atoms with E-state index in [1.165, 1.54) is 24.1 Å². The molecule has 3 rings (SSSR count). The summed E-state index contributed by atoms with van der Waals surface area (Å²) >= 11 is 0. The van der Waals surface area contributed by atoms with Crippen LogP contribution in [0, 0.1) is 11.7 Å². The topological polar surface area (TPSA) is 23.5 Å². The summed E-state index contributed by atoms with van der Waals surface area (Å²) in [5.41, 5.74) is 2.15. The number of hydrogen-bond donors (Lipinski definition) is 1. The average Bonchev–Trinajstić information content (AvgIpc) is 2.57. The van der Waals surface area contributed by atoms with Crippen LogP contribution in [0.3, 0.4) is 0 Å². The van der Waals surface area contributed by atoms with Crippen molar-refractivity contribution in [3.8, 4) is 0 Å². The van der Waals surface area contributed by atoms with Gasteiger partial charge in [-0.2, -0.15) is 0 Å². The first-order chi connectivity index (χ1) is 11.2. The van der Waals surface area contributed by atoms with Gasteiger partial charge in [-0.3, -0.25) is 4.90 Å². The molecular formula is C20H24FNO. The number of rotatable bonds is 5. The molecule has 2 aromatic carbocycles. The first kappa shape index (κ1) is 16.2. The van der Waals surface area contributed by atoms with Crippen molar-refractivity contribution >= 4 is 0 Å². The monoisotopic (exact) mass is 313 g/mol. The Kier molecular flexibility index (Phi) is 5.42. The number of hydrogen-bond acceptors (Lipinski definition) is 2. The number of benzene rings is 2. The van der Waals surface area contributed by atoms with Crippen molar-refractivity contribution in [2.75, 3.05) is 13.1 Å². The molecule has 0 spiro atoms. The Morgan fingerprint density at radius 1 is 1.09 bits per heavy atom. The summed E-state index contributed by atoms with van der Waals surface area (Å²) in [5, 5.41) is 10.4. The number of halogens is 1. The molecule has 1 heterocycles. The Labute approximate surface area is 137 Å². The van der Waals surface area contributed by atoms with Crippen LogP contribution in [-0.2, 0) is 6.54 Å². The predicted octanol–water partition coefficient (Wildman–Crippen LogP) is 4.16. The lowest BCUT2D eigenvalue weighted by Gasteiger charge is -2.33. The van der Waals surface area contributed by atoms with Gasteiger partial charge in [0.1, 0.15) is 5.82 Å². The average molecular weight is 313 g/mol. The zero-order valence-corrected chi connectivity index (χ0v) is 13.4. The van der Waals surface area contributed by atoms with E-state index in [0.717, 1.165) is 38.0 Å². The lowest BCUT2D eigenvalue weighted by molar-refractivity contribution is 0.0977. The van der Waals surface area contributed by atoms with E-state index in [2.05, 4.69) is 29.2 Å². The van der Waals surface area contributed by atoms with Crippen LogP contribution in [0.25, 0.3) is 0 Å². The molecule has 1 fully saturated rings. The number of nitrogens with zero attached hydrogens (tertiary/aromatic N) is 1. The molecule has 2 aromatic rings. The third kappa shape index (κ3) is 4.63. The van der Waals surface area contributed by atoms with Crippen LogP contribution in [-0.4, -0.2) is 23.1 Å². The van der Waals surface area contributed by atoms with E-state index in [1.807, 2.05) is 6.07 Å². The Morgan fingerprint density at radius 3 is 2.57 bits per heavy atom. The second kappa shape index (κ2) is 7.71. The van der Waals surface area contributed by atoms with Gasteiger partial charge >= 0.3 is 0 Å². The second-order valence-corrected chi connectivity index (χ2v) is 6.53. The highest BCUT2D eigenvalue weighted by atomic mass is 19.1. The number of piperidine rings is 1. The zero-order chi connectivity index (χ0) is 16.1. The SMILES string of the molecule is O[C@@H](C[C@H]1CCCN(Cc2ccccc2)C1)c1ccc(F)cc1. The second-order valence-electron chi connectivity index (χ2n) is 6.53. The van der Waals surface area contributed by atoms with Gasteiger partial charge < -0.3 is 5.11 Å². The molecule has 0 aromatic heterocycles. The van der Waals surface area contributed by atoms with Crippen molar-refractivity contribution in [2.24, 2.45) is 5.92 Å². The van der Waals surface area contributed by atoms with Crippen molar-refractivity contribution in [2.45, 2.75) is 31.9 Å². The van der Waals surface area contributed by atoms with Crippen LogP contribution in [0.15, 0.2) is 54.6 Å². The molecule has 2 atom stereocenters. The molecule has 1 aliphatic heterocycles. The summed E-state index contributed by atoms with van der Waals surface area (Å²) in [7, 11) is 0. The molecule has 0 unspecified atom stereocenters. The van der Waals surface area contributed by atoms with Gasteiger partial charge in [0.25, 0.3) is 0 Å². The Balaban J connectivity index is 1.55. The van der Waals surface area contributed by atoms with Crippen LogP contribution in [0.5, 0.6) is 0 Å². The normalized spacial score (nSPS) is 20.3. The molecule has 2 nitrogen and oxygen atoms in total. The summed E-state index contributed by atoms with van der Waals surface area (Å²) in [6.45, 7) is 3.12. The molecule has 1 N–H and O–H groups in total. The smallest absolute Gasteiger partial charge is 0.123 e. The summed E-state index contributed by atoms with van der Waals surface area (Å²) < 4.78 is 13.0. The van der Waals surface area contributed by atoms with Gasteiger partial charge in [-0.05, 0) is 55.0 Å². The fourth-order valence-corrected chi connectivity index (χ4v) is 3.47. The van der Waals surface area contributed by atoms with Crippen molar-refractivity contribution in [1.29, 1.82) is 0 Å². The van der Waals surface area contributed by atoms with E-state index in [9.17, 15) is 9.50 Å². The lowest BCUT2D eigenvalue weighted by Crippen LogP contribution is -2.35. The zero-order valence-electron chi connectivity index (χ0n) is 13.4. The molecule has 1 saturated heterocycles. The van der Waals surface area contributed by atoms with Gasteiger partial charge in [0.2, 0.25) is 0 Å². The molecule has 122 valence electrons. The number of likely N-dealkylation sites (tertiary alicyclic amines) is 1. The van der Waals surface area contributed by atoms with Crippen molar-refractivity contribution in [1.82, 2.24) is 4.90 Å². The van der Waals surface area contributed by atoms with E-state index in [0.29, 0.717) is 5.92 Å². The van der Waals surface area contributed by atoms with Crippen molar-refractivity contribution in [3.63, 3.8) is 0 Å². The van der Waals surface area contributed by atoms with E-state index < -0.39 is 6.10 Å². The lowest BCUT2D eigenvalue weighted by atomic mass is 9.90. The number of aliphatic hydroxyl groups is 1. The Bertz CT molecular complexity index is 599. The third-order valence-corrected chi connectivity index (χ3v) is 4.66. The molecule has 0 bridgehead atoms. The van der Waals surface area contributed by atoms with Crippen LogP contribution in [0.4, 0.5) is 4.39 Å². The van der Waals surface area contributed by atoms with Crippen molar-refractivity contribution in [3.05, 3.63) is 71.5 Å². The van der Waals surface area contributed by atoms with Gasteiger partial charge in [-0.25, -0.2) is 4.39 Å². The van der Waals surface area contributed by atoms with Crippen LogP contribution >= 0.6 is 0 Å². The largest absolute Gasteiger partial charge is 0.388 e. The fourth-order valence-electron chi connectivity index (χ4n) is 3.47. The third-order valence-electron chi connectivity index (χ3n) is 4.66. The minimum absolute atomic E-state index is 0.257. The summed E-state index contributed by atoms with van der Waals surface area (Å²) in [5.74, 6) is 0.236. The maximum Gasteiger partial charge on any atom is 0.123 e. The van der Waals surface area contributed by atoms with Crippen molar-refractivity contribution < 1.29 is 9.50 Å². The Hall–Kier alpha value is -1.71. The van der Waals surface area contributed by atoms with Gasteiger partial charge in [0.05, 0.1) is 6.10 Å². The minimum Gasteiger partial charge on any atom is -0.388 e. The highest BCUT2D eigenvalue weighted by Crippen LogP contribution is 2.28. The van der Waals surface area contributed by atoms with Crippen LogP contribution < -0.4 is 0 Å². The predicted molar refractivity (Wildman–Crippen MR) is 90.4 cm³/mol.